The van der Waals surface area contributed by atoms with E-state index in [4.69, 9.17) is 5.26 Å². The van der Waals surface area contributed by atoms with Crippen LogP contribution >= 0.6 is 0 Å². The summed E-state index contributed by atoms with van der Waals surface area (Å²) in [6, 6.07) is 15.9. The zero-order valence-electron chi connectivity index (χ0n) is 10.9. The van der Waals surface area contributed by atoms with Crippen LogP contribution in [-0.4, -0.2) is 9.55 Å². The van der Waals surface area contributed by atoms with Gasteiger partial charge in [-0.2, -0.15) is 5.26 Å². The summed E-state index contributed by atoms with van der Waals surface area (Å²) in [5, 5.41) is 8.95. The van der Waals surface area contributed by atoms with Gasteiger partial charge < -0.3 is 4.57 Å². The molecule has 0 unspecified atom stereocenters. The molecule has 3 nitrogen and oxygen atoms in total. The number of rotatable bonds is 1. The summed E-state index contributed by atoms with van der Waals surface area (Å²) in [6.07, 6.45) is 0. The van der Waals surface area contributed by atoms with Crippen LogP contribution in [0, 0.1) is 18.3 Å². The first kappa shape index (κ1) is 11.5. The van der Waals surface area contributed by atoms with E-state index in [2.05, 4.69) is 34.7 Å². The maximum atomic E-state index is 8.95. The highest BCUT2D eigenvalue weighted by molar-refractivity contribution is 5.82. The van der Waals surface area contributed by atoms with E-state index in [1.165, 1.54) is 5.56 Å². The van der Waals surface area contributed by atoms with Crippen molar-refractivity contribution in [3.63, 3.8) is 0 Å². The zero-order chi connectivity index (χ0) is 13.4. The highest BCUT2D eigenvalue weighted by Crippen LogP contribution is 2.26. The van der Waals surface area contributed by atoms with Gasteiger partial charge in [0.25, 0.3) is 0 Å². The number of benzene rings is 2. The first-order chi connectivity index (χ1) is 9.20. The van der Waals surface area contributed by atoms with Gasteiger partial charge in [-0.1, -0.05) is 24.3 Å². The molecule has 0 amide bonds. The molecule has 2 aromatic carbocycles. The molecule has 0 spiro atoms. The summed E-state index contributed by atoms with van der Waals surface area (Å²) in [4.78, 5) is 4.66. The Morgan fingerprint density at radius 2 is 1.95 bits per heavy atom. The summed E-state index contributed by atoms with van der Waals surface area (Å²) in [7, 11) is 2.00. The summed E-state index contributed by atoms with van der Waals surface area (Å²) in [5.41, 5.74) is 4.86. The zero-order valence-corrected chi connectivity index (χ0v) is 10.9. The van der Waals surface area contributed by atoms with Gasteiger partial charge in [0.05, 0.1) is 22.7 Å². The summed E-state index contributed by atoms with van der Waals surface area (Å²) < 4.78 is 2.07. The van der Waals surface area contributed by atoms with Crippen LogP contribution in [0.25, 0.3) is 22.4 Å². The third kappa shape index (κ3) is 1.78. The molecule has 1 heterocycles. The van der Waals surface area contributed by atoms with Gasteiger partial charge in [-0.15, -0.1) is 0 Å². The van der Waals surface area contributed by atoms with Crippen LogP contribution in [0.4, 0.5) is 0 Å². The number of hydrogen-bond donors (Lipinski definition) is 0. The highest BCUT2D eigenvalue weighted by atomic mass is 15.1. The molecule has 0 aliphatic rings. The fourth-order valence-corrected chi connectivity index (χ4v) is 2.33. The van der Waals surface area contributed by atoms with Crippen molar-refractivity contribution >= 4 is 11.0 Å². The van der Waals surface area contributed by atoms with Crippen LogP contribution in [0.5, 0.6) is 0 Å². The molecular formula is C16H13N3. The van der Waals surface area contributed by atoms with E-state index in [0.29, 0.717) is 5.56 Å². The molecule has 0 atom stereocenters. The van der Waals surface area contributed by atoms with Crippen LogP contribution in [0.15, 0.2) is 42.5 Å². The molecule has 0 saturated heterocycles. The second-order valence-corrected chi connectivity index (χ2v) is 4.62. The van der Waals surface area contributed by atoms with Crippen LogP contribution < -0.4 is 0 Å². The number of nitrogens with zero attached hydrogens (tertiary/aromatic N) is 3. The van der Waals surface area contributed by atoms with E-state index in [0.717, 1.165) is 22.4 Å². The smallest absolute Gasteiger partial charge is 0.141 e. The Balaban J connectivity index is 2.29. The lowest BCUT2D eigenvalue weighted by Gasteiger charge is -2.05. The second kappa shape index (κ2) is 4.25. The molecule has 0 fully saturated rings. The predicted molar refractivity (Wildman–Crippen MR) is 75.6 cm³/mol. The Kier molecular flexibility index (Phi) is 2.57. The average molecular weight is 247 g/mol. The third-order valence-corrected chi connectivity index (χ3v) is 3.40. The minimum absolute atomic E-state index is 0.641. The van der Waals surface area contributed by atoms with Crippen LogP contribution in [0.1, 0.15) is 11.1 Å². The number of nitriles is 1. The maximum absolute atomic E-state index is 8.95. The lowest BCUT2D eigenvalue weighted by atomic mass is 10.1. The van der Waals surface area contributed by atoms with Gasteiger partial charge in [0, 0.05) is 12.6 Å². The number of aromatic nitrogens is 2. The van der Waals surface area contributed by atoms with E-state index in [-0.39, 0.29) is 0 Å². The Labute approximate surface area is 111 Å². The molecule has 3 heteroatoms. The molecule has 0 bridgehead atoms. The van der Waals surface area contributed by atoms with E-state index >= 15 is 0 Å². The van der Waals surface area contributed by atoms with Gasteiger partial charge in [-0.3, -0.25) is 0 Å². The van der Waals surface area contributed by atoms with Crippen molar-refractivity contribution in [1.29, 1.82) is 5.26 Å². The van der Waals surface area contributed by atoms with E-state index < -0.39 is 0 Å². The Hall–Kier alpha value is -2.60. The first-order valence-electron chi connectivity index (χ1n) is 6.13. The summed E-state index contributed by atoms with van der Waals surface area (Å²) in [5.74, 6) is 0.934. The van der Waals surface area contributed by atoms with Crippen LogP contribution in [-0.2, 0) is 7.05 Å². The molecule has 3 aromatic rings. The molecule has 0 radical (unpaired) electrons. The van der Waals surface area contributed by atoms with Gasteiger partial charge in [0.15, 0.2) is 0 Å². The van der Waals surface area contributed by atoms with E-state index in [1.807, 2.05) is 37.4 Å². The quantitative estimate of drug-likeness (QED) is 0.661. The largest absolute Gasteiger partial charge is 0.327 e. The van der Waals surface area contributed by atoms with Crippen molar-refractivity contribution < 1.29 is 0 Å². The number of imidazole rings is 1. The minimum atomic E-state index is 0.641. The number of hydrogen-bond acceptors (Lipinski definition) is 2. The van der Waals surface area contributed by atoms with Gasteiger partial charge in [-0.25, -0.2) is 4.98 Å². The van der Waals surface area contributed by atoms with Crippen molar-refractivity contribution in [1.82, 2.24) is 9.55 Å². The fraction of sp³-hybridized carbons (Fsp3) is 0.125. The normalized spacial score (nSPS) is 10.6. The molecule has 0 aliphatic heterocycles. The summed E-state index contributed by atoms with van der Waals surface area (Å²) >= 11 is 0. The monoisotopic (exact) mass is 247 g/mol. The third-order valence-electron chi connectivity index (χ3n) is 3.40. The van der Waals surface area contributed by atoms with Crippen molar-refractivity contribution in [3.05, 3.63) is 53.6 Å². The van der Waals surface area contributed by atoms with Gasteiger partial charge in [0.1, 0.15) is 5.82 Å². The molecular weight excluding hydrogens is 234 g/mol. The predicted octanol–water partition coefficient (Wildman–Crippen LogP) is 3.42. The molecule has 3 rings (SSSR count). The average Bonchev–Trinajstić information content (AvgIpc) is 2.76. The molecule has 92 valence electrons. The number of fused-ring (bicyclic) bond motifs is 1. The topological polar surface area (TPSA) is 41.6 Å². The molecule has 19 heavy (non-hydrogen) atoms. The summed E-state index contributed by atoms with van der Waals surface area (Å²) in [6.45, 7) is 2.08. The van der Waals surface area contributed by atoms with Gasteiger partial charge >= 0.3 is 0 Å². The molecule has 0 aliphatic carbocycles. The van der Waals surface area contributed by atoms with Gasteiger partial charge in [0.2, 0.25) is 0 Å². The molecule has 0 saturated carbocycles. The minimum Gasteiger partial charge on any atom is -0.327 e. The first-order valence-corrected chi connectivity index (χ1v) is 6.13. The Bertz CT molecular complexity index is 806. The van der Waals surface area contributed by atoms with Crippen molar-refractivity contribution in [3.8, 4) is 17.5 Å². The van der Waals surface area contributed by atoms with Crippen LogP contribution in [0.2, 0.25) is 0 Å². The van der Waals surface area contributed by atoms with Crippen molar-refractivity contribution in [2.75, 3.05) is 0 Å². The van der Waals surface area contributed by atoms with Gasteiger partial charge in [-0.05, 0) is 30.7 Å². The van der Waals surface area contributed by atoms with Crippen molar-refractivity contribution in [2.45, 2.75) is 6.92 Å². The lowest BCUT2D eigenvalue weighted by molar-refractivity contribution is 0.957. The second-order valence-electron chi connectivity index (χ2n) is 4.62. The molecule has 0 N–H and O–H groups in total. The SMILES string of the molecule is Cc1ccccc1-c1nc2cc(C#N)ccc2n1C. The van der Waals surface area contributed by atoms with Crippen LogP contribution in [0.3, 0.4) is 0 Å². The Morgan fingerprint density at radius 3 is 2.68 bits per heavy atom. The molecule has 1 aromatic heterocycles. The fourth-order valence-electron chi connectivity index (χ4n) is 2.33. The van der Waals surface area contributed by atoms with E-state index in [9.17, 15) is 0 Å². The number of aryl methyl sites for hydroxylation is 2. The highest BCUT2D eigenvalue weighted by Gasteiger charge is 2.11. The van der Waals surface area contributed by atoms with Crippen molar-refractivity contribution in [2.24, 2.45) is 7.05 Å². The standard InChI is InChI=1S/C16H13N3/c1-11-5-3-4-6-13(11)16-18-14-9-12(10-17)7-8-15(14)19(16)2/h3-9H,1-2H3. The lowest BCUT2D eigenvalue weighted by Crippen LogP contribution is -1.94. The van der Waals surface area contributed by atoms with E-state index in [1.54, 1.807) is 0 Å². The maximum Gasteiger partial charge on any atom is 0.141 e. The Morgan fingerprint density at radius 1 is 1.16 bits per heavy atom.